The van der Waals surface area contributed by atoms with Crippen molar-refractivity contribution in [2.75, 3.05) is 6.54 Å². The number of hydrogen-bond donors (Lipinski definition) is 2. The molecular formula is C10H9F3N2O. The first kappa shape index (κ1) is 10.8. The number of amides is 2. The van der Waals surface area contributed by atoms with Gasteiger partial charge in [0.2, 0.25) is 0 Å². The maximum atomic E-state index is 12.4. The SMILES string of the molecule is O=C1NCC(c2cccc(C(F)(F)F)c2)N1. The summed E-state index contributed by atoms with van der Waals surface area (Å²) in [6.07, 6.45) is -4.36. The third-order valence-electron chi connectivity index (χ3n) is 2.39. The highest BCUT2D eigenvalue weighted by Crippen LogP contribution is 2.30. The highest BCUT2D eigenvalue weighted by molar-refractivity contribution is 5.76. The predicted octanol–water partition coefficient (Wildman–Crippen LogP) is 2.06. The van der Waals surface area contributed by atoms with Crippen LogP contribution in [-0.2, 0) is 6.18 Å². The van der Waals surface area contributed by atoms with Crippen LogP contribution in [0.2, 0.25) is 0 Å². The van der Waals surface area contributed by atoms with Crippen LogP contribution in [0.15, 0.2) is 24.3 Å². The number of carbonyl (C=O) groups excluding carboxylic acids is 1. The van der Waals surface area contributed by atoms with Gasteiger partial charge in [0.1, 0.15) is 0 Å². The average molecular weight is 230 g/mol. The lowest BCUT2D eigenvalue weighted by Crippen LogP contribution is -2.21. The normalized spacial score (nSPS) is 20.4. The van der Waals surface area contributed by atoms with Gasteiger partial charge in [-0.2, -0.15) is 13.2 Å². The van der Waals surface area contributed by atoms with Crippen LogP contribution in [-0.4, -0.2) is 12.6 Å². The van der Waals surface area contributed by atoms with Gasteiger partial charge in [0.05, 0.1) is 11.6 Å². The Morgan fingerprint density at radius 1 is 1.31 bits per heavy atom. The maximum Gasteiger partial charge on any atom is 0.416 e. The number of rotatable bonds is 1. The van der Waals surface area contributed by atoms with Crippen molar-refractivity contribution in [2.24, 2.45) is 0 Å². The zero-order chi connectivity index (χ0) is 11.8. The predicted molar refractivity (Wildman–Crippen MR) is 50.7 cm³/mol. The summed E-state index contributed by atoms with van der Waals surface area (Å²) < 4.78 is 37.3. The van der Waals surface area contributed by atoms with E-state index in [9.17, 15) is 18.0 Å². The summed E-state index contributed by atoms with van der Waals surface area (Å²) in [5, 5.41) is 5.03. The van der Waals surface area contributed by atoms with Crippen molar-refractivity contribution < 1.29 is 18.0 Å². The molecule has 1 saturated heterocycles. The van der Waals surface area contributed by atoms with E-state index in [4.69, 9.17) is 0 Å². The highest BCUT2D eigenvalue weighted by atomic mass is 19.4. The van der Waals surface area contributed by atoms with Gasteiger partial charge in [-0.25, -0.2) is 4.79 Å². The van der Waals surface area contributed by atoms with Crippen molar-refractivity contribution in [3.05, 3.63) is 35.4 Å². The molecule has 1 atom stereocenters. The number of benzene rings is 1. The van der Waals surface area contributed by atoms with Crippen LogP contribution in [0.3, 0.4) is 0 Å². The largest absolute Gasteiger partial charge is 0.416 e. The molecule has 1 aliphatic rings. The summed E-state index contributed by atoms with van der Waals surface area (Å²) in [6.45, 7) is 0.306. The number of urea groups is 1. The van der Waals surface area contributed by atoms with Gasteiger partial charge in [-0.15, -0.1) is 0 Å². The van der Waals surface area contributed by atoms with Gasteiger partial charge >= 0.3 is 12.2 Å². The molecule has 0 radical (unpaired) electrons. The van der Waals surface area contributed by atoms with Crippen molar-refractivity contribution in [3.8, 4) is 0 Å². The Morgan fingerprint density at radius 3 is 2.62 bits per heavy atom. The third kappa shape index (κ3) is 2.10. The monoisotopic (exact) mass is 230 g/mol. The Morgan fingerprint density at radius 2 is 2.06 bits per heavy atom. The molecule has 0 bridgehead atoms. The molecule has 86 valence electrons. The molecule has 1 aromatic rings. The van der Waals surface area contributed by atoms with Crippen LogP contribution in [0.25, 0.3) is 0 Å². The number of nitrogens with one attached hydrogen (secondary N) is 2. The van der Waals surface area contributed by atoms with Gasteiger partial charge in [-0.3, -0.25) is 0 Å². The molecule has 1 aliphatic heterocycles. The second kappa shape index (κ2) is 3.70. The smallest absolute Gasteiger partial charge is 0.336 e. The van der Waals surface area contributed by atoms with Gasteiger partial charge < -0.3 is 10.6 Å². The minimum Gasteiger partial charge on any atom is -0.336 e. The number of carbonyl (C=O) groups is 1. The zero-order valence-corrected chi connectivity index (χ0v) is 8.14. The summed E-state index contributed by atoms with van der Waals surface area (Å²) in [7, 11) is 0. The second-order valence-corrected chi connectivity index (χ2v) is 3.53. The topological polar surface area (TPSA) is 41.1 Å². The molecule has 1 unspecified atom stereocenters. The van der Waals surface area contributed by atoms with Gasteiger partial charge in [0, 0.05) is 6.54 Å². The third-order valence-corrected chi connectivity index (χ3v) is 2.39. The fourth-order valence-corrected chi connectivity index (χ4v) is 1.59. The molecule has 0 aliphatic carbocycles. The summed E-state index contributed by atoms with van der Waals surface area (Å²) in [6, 6.07) is 4.21. The van der Waals surface area contributed by atoms with Crippen molar-refractivity contribution in [1.29, 1.82) is 0 Å². The molecule has 2 N–H and O–H groups in total. The molecular weight excluding hydrogens is 221 g/mol. The molecule has 6 heteroatoms. The number of alkyl halides is 3. The molecule has 3 nitrogen and oxygen atoms in total. The molecule has 0 spiro atoms. The first-order chi connectivity index (χ1) is 7.47. The van der Waals surface area contributed by atoms with E-state index in [0.717, 1.165) is 12.1 Å². The van der Waals surface area contributed by atoms with Crippen LogP contribution in [0.5, 0.6) is 0 Å². The van der Waals surface area contributed by atoms with Crippen molar-refractivity contribution in [1.82, 2.24) is 10.6 Å². The molecule has 1 aromatic carbocycles. The first-order valence-corrected chi connectivity index (χ1v) is 4.68. The van der Waals surface area contributed by atoms with E-state index in [2.05, 4.69) is 10.6 Å². The first-order valence-electron chi connectivity index (χ1n) is 4.68. The van der Waals surface area contributed by atoms with Crippen LogP contribution in [0, 0.1) is 0 Å². The fourth-order valence-electron chi connectivity index (χ4n) is 1.59. The van der Waals surface area contributed by atoms with E-state index in [1.54, 1.807) is 6.07 Å². The molecule has 1 fully saturated rings. The molecule has 1 heterocycles. The van der Waals surface area contributed by atoms with Gasteiger partial charge in [0.15, 0.2) is 0 Å². The minimum atomic E-state index is -4.36. The summed E-state index contributed by atoms with van der Waals surface area (Å²) >= 11 is 0. The standard InChI is InChI=1S/C10H9F3N2O/c11-10(12,13)7-3-1-2-6(4-7)8-5-14-9(16)15-8/h1-4,8H,5H2,(H2,14,15,16). The Hall–Kier alpha value is -1.72. The highest BCUT2D eigenvalue weighted by Gasteiger charge is 2.31. The Bertz CT molecular complexity index is 417. The van der Waals surface area contributed by atoms with Gasteiger partial charge in [-0.1, -0.05) is 12.1 Å². The van der Waals surface area contributed by atoms with Crippen LogP contribution < -0.4 is 10.6 Å². The Labute approximate surface area is 89.6 Å². The minimum absolute atomic E-state index is 0.306. The van der Waals surface area contributed by atoms with Crippen LogP contribution in [0.1, 0.15) is 17.2 Å². The Balaban J connectivity index is 2.26. The average Bonchev–Trinajstić information content (AvgIpc) is 2.64. The van der Waals surface area contributed by atoms with Crippen LogP contribution in [0.4, 0.5) is 18.0 Å². The number of hydrogen-bond acceptors (Lipinski definition) is 1. The molecule has 2 rings (SSSR count). The quantitative estimate of drug-likeness (QED) is 0.761. The van der Waals surface area contributed by atoms with E-state index >= 15 is 0 Å². The van der Waals surface area contributed by atoms with Gasteiger partial charge in [-0.05, 0) is 17.7 Å². The lowest BCUT2D eigenvalue weighted by atomic mass is 10.0. The summed E-state index contributed by atoms with van der Waals surface area (Å²) in [5.74, 6) is 0. The van der Waals surface area contributed by atoms with E-state index in [0.29, 0.717) is 12.1 Å². The van der Waals surface area contributed by atoms with E-state index in [1.807, 2.05) is 0 Å². The molecule has 16 heavy (non-hydrogen) atoms. The van der Waals surface area contributed by atoms with E-state index in [1.165, 1.54) is 6.07 Å². The van der Waals surface area contributed by atoms with Crippen molar-refractivity contribution >= 4 is 6.03 Å². The molecule has 0 saturated carbocycles. The van der Waals surface area contributed by atoms with Crippen molar-refractivity contribution in [3.63, 3.8) is 0 Å². The van der Waals surface area contributed by atoms with E-state index in [-0.39, 0.29) is 6.03 Å². The lowest BCUT2D eigenvalue weighted by Gasteiger charge is -2.12. The van der Waals surface area contributed by atoms with Crippen molar-refractivity contribution in [2.45, 2.75) is 12.2 Å². The number of halogens is 3. The fraction of sp³-hybridized carbons (Fsp3) is 0.300. The van der Waals surface area contributed by atoms with Crippen LogP contribution >= 0.6 is 0 Å². The molecule has 2 amide bonds. The maximum absolute atomic E-state index is 12.4. The van der Waals surface area contributed by atoms with Gasteiger partial charge in [0.25, 0.3) is 0 Å². The zero-order valence-electron chi connectivity index (χ0n) is 8.14. The second-order valence-electron chi connectivity index (χ2n) is 3.53. The lowest BCUT2D eigenvalue weighted by molar-refractivity contribution is -0.137. The molecule has 0 aromatic heterocycles. The Kier molecular flexibility index (Phi) is 2.49. The van der Waals surface area contributed by atoms with E-state index < -0.39 is 17.8 Å². The summed E-state index contributed by atoms with van der Waals surface area (Å²) in [5.41, 5.74) is -0.251. The summed E-state index contributed by atoms with van der Waals surface area (Å²) in [4.78, 5) is 10.9.